The fourth-order valence-corrected chi connectivity index (χ4v) is 2.22. The first-order chi connectivity index (χ1) is 12.9. The number of nitrogens with zero attached hydrogens (tertiary/aromatic N) is 1. The Morgan fingerprint density at radius 3 is 2.67 bits per heavy atom. The Balaban J connectivity index is 2.05. The highest BCUT2D eigenvalue weighted by atomic mass is 32.1. The molecule has 7 nitrogen and oxygen atoms in total. The van der Waals surface area contributed by atoms with Gasteiger partial charge in [-0.25, -0.2) is 9.18 Å². The van der Waals surface area contributed by atoms with Crippen molar-refractivity contribution in [3.8, 4) is 11.5 Å². The second-order valence-electron chi connectivity index (χ2n) is 5.29. The molecule has 0 fully saturated rings. The molecule has 0 aliphatic rings. The van der Waals surface area contributed by atoms with Crippen LogP contribution in [0.15, 0.2) is 47.6 Å². The molecule has 0 unspecified atom stereocenters. The fourth-order valence-electron chi connectivity index (χ4n) is 2.06. The molecule has 142 valence electrons. The molecule has 0 aliphatic carbocycles. The van der Waals surface area contributed by atoms with Crippen LogP contribution in [-0.2, 0) is 4.79 Å². The molecule has 0 radical (unpaired) electrons. The van der Waals surface area contributed by atoms with Crippen molar-refractivity contribution in [2.75, 3.05) is 19.0 Å². The van der Waals surface area contributed by atoms with Gasteiger partial charge in [0.25, 0.3) is 0 Å². The quantitative estimate of drug-likeness (QED) is 0.380. The summed E-state index contributed by atoms with van der Waals surface area (Å²) >= 11 is 5.10. The smallest absolute Gasteiger partial charge is 0.341 e. The van der Waals surface area contributed by atoms with Crippen LogP contribution < -0.4 is 20.2 Å². The van der Waals surface area contributed by atoms with Gasteiger partial charge in [-0.3, -0.25) is 5.43 Å². The molecule has 0 heterocycles. The highest BCUT2D eigenvalue weighted by Gasteiger charge is 2.09. The number of benzene rings is 2. The number of rotatable bonds is 7. The van der Waals surface area contributed by atoms with E-state index in [2.05, 4.69) is 15.8 Å². The van der Waals surface area contributed by atoms with Gasteiger partial charge in [-0.2, -0.15) is 5.10 Å². The summed E-state index contributed by atoms with van der Waals surface area (Å²) in [5.74, 6) is -0.834. The van der Waals surface area contributed by atoms with Gasteiger partial charge in [0.05, 0.1) is 18.5 Å². The van der Waals surface area contributed by atoms with E-state index in [9.17, 15) is 9.18 Å². The van der Waals surface area contributed by atoms with Crippen molar-refractivity contribution in [1.29, 1.82) is 0 Å². The van der Waals surface area contributed by atoms with Crippen molar-refractivity contribution < 1.29 is 23.8 Å². The lowest BCUT2D eigenvalue weighted by Gasteiger charge is -2.11. The summed E-state index contributed by atoms with van der Waals surface area (Å²) in [6.07, 6.45) is 0. The number of hydrazone groups is 1. The van der Waals surface area contributed by atoms with E-state index in [1.165, 1.54) is 13.2 Å². The molecule has 2 aromatic rings. The summed E-state index contributed by atoms with van der Waals surface area (Å²) in [5.41, 5.74) is 4.16. The molecule has 9 heteroatoms. The summed E-state index contributed by atoms with van der Waals surface area (Å²) in [6, 6.07) is 11.1. The SMILES string of the molecule is COc1cc(/C(C)=N\NC(=S)Nc2ccccc2F)ccc1OCC(=O)O. The Kier molecular flexibility index (Phi) is 7.07. The molecule has 3 N–H and O–H groups in total. The fraction of sp³-hybridized carbons (Fsp3) is 0.167. The lowest BCUT2D eigenvalue weighted by molar-refractivity contribution is -0.139. The van der Waals surface area contributed by atoms with Gasteiger partial charge in [-0.05, 0) is 49.5 Å². The molecule has 0 amide bonds. The standard InChI is InChI=1S/C18H18FN3O4S/c1-11(21-22-18(27)20-14-6-4-3-5-13(14)19)12-7-8-15(16(9-12)25-2)26-10-17(23)24/h3-9H,10H2,1-2H3,(H,23,24)(H2,20,22,27)/b21-11-. The first-order valence-electron chi connectivity index (χ1n) is 7.79. The minimum atomic E-state index is -1.08. The number of para-hydroxylation sites is 1. The summed E-state index contributed by atoms with van der Waals surface area (Å²) in [5, 5.41) is 15.7. The molecule has 0 saturated heterocycles. The molecule has 0 aromatic heterocycles. The summed E-state index contributed by atoms with van der Waals surface area (Å²) < 4.78 is 24.0. The Bertz CT molecular complexity index is 873. The van der Waals surface area contributed by atoms with Crippen molar-refractivity contribution in [2.45, 2.75) is 6.92 Å². The number of ether oxygens (including phenoxy) is 2. The van der Waals surface area contributed by atoms with Crippen molar-refractivity contribution in [2.24, 2.45) is 5.10 Å². The number of nitrogens with one attached hydrogen (secondary N) is 2. The average Bonchev–Trinajstić information content (AvgIpc) is 2.66. The number of carbonyl (C=O) groups is 1. The zero-order valence-corrected chi connectivity index (χ0v) is 15.5. The van der Waals surface area contributed by atoms with Crippen LogP contribution in [-0.4, -0.2) is 35.6 Å². The van der Waals surface area contributed by atoms with Crippen molar-refractivity contribution in [3.05, 3.63) is 53.8 Å². The number of aliphatic carboxylic acids is 1. The van der Waals surface area contributed by atoms with Crippen LogP contribution in [0.25, 0.3) is 0 Å². The second-order valence-corrected chi connectivity index (χ2v) is 5.70. The molecule has 0 bridgehead atoms. The van der Waals surface area contributed by atoms with Crippen LogP contribution in [0.2, 0.25) is 0 Å². The second kappa shape index (κ2) is 9.48. The highest BCUT2D eigenvalue weighted by molar-refractivity contribution is 7.80. The van der Waals surface area contributed by atoms with Gasteiger partial charge in [0.15, 0.2) is 23.2 Å². The van der Waals surface area contributed by atoms with Gasteiger partial charge in [-0.1, -0.05) is 12.1 Å². The van der Waals surface area contributed by atoms with E-state index < -0.39 is 18.4 Å². The maximum absolute atomic E-state index is 13.6. The van der Waals surface area contributed by atoms with Crippen LogP contribution in [0.3, 0.4) is 0 Å². The van der Waals surface area contributed by atoms with Crippen molar-refractivity contribution in [1.82, 2.24) is 5.43 Å². The number of hydrogen-bond donors (Lipinski definition) is 3. The first kappa shape index (κ1) is 20.1. The van der Waals surface area contributed by atoms with E-state index in [0.29, 0.717) is 22.8 Å². The van der Waals surface area contributed by atoms with E-state index in [1.807, 2.05) is 0 Å². The molecule has 27 heavy (non-hydrogen) atoms. The molecule has 2 aromatic carbocycles. The predicted octanol–water partition coefficient (Wildman–Crippen LogP) is 3.01. The number of carboxylic acids is 1. The molecule has 0 atom stereocenters. The van der Waals surface area contributed by atoms with Gasteiger partial charge in [0.2, 0.25) is 0 Å². The maximum Gasteiger partial charge on any atom is 0.341 e. The van der Waals surface area contributed by atoms with Crippen LogP contribution in [0.4, 0.5) is 10.1 Å². The number of halogens is 1. The normalized spacial score (nSPS) is 10.9. The van der Waals surface area contributed by atoms with E-state index in [0.717, 1.165) is 0 Å². The third kappa shape index (κ3) is 5.93. The predicted molar refractivity (Wildman–Crippen MR) is 104 cm³/mol. The van der Waals surface area contributed by atoms with Crippen molar-refractivity contribution >= 4 is 34.7 Å². The van der Waals surface area contributed by atoms with Gasteiger partial charge in [0.1, 0.15) is 5.82 Å². The highest BCUT2D eigenvalue weighted by Crippen LogP contribution is 2.28. The molecular formula is C18H18FN3O4S. The van der Waals surface area contributed by atoms with Crippen LogP contribution in [0, 0.1) is 5.82 Å². The first-order valence-corrected chi connectivity index (χ1v) is 8.20. The Labute approximate surface area is 160 Å². The lowest BCUT2D eigenvalue weighted by atomic mass is 10.1. The van der Waals surface area contributed by atoms with Crippen molar-refractivity contribution in [3.63, 3.8) is 0 Å². The van der Waals surface area contributed by atoms with Crippen LogP contribution in [0.5, 0.6) is 11.5 Å². The minimum absolute atomic E-state index is 0.132. The Morgan fingerprint density at radius 2 is 2.00 bits per heavy atom. The summed E-state index contributed by atoms with van der Waals surface area (Å²) in [4.78, 5) is 10.6. The topological polar surface area (TPSA) is 92.2 Å². The third-order valence-corrected chi connectivity index (χ3v) is 3.57. The van der Waals surface area contributed by atoms with E-state index in [4.69, 9.17) is 26.8 Å². The molecular weight excluding hydrogens is 373 g/mol. The Morgan fingerprint density at radius 1 is 1.26 bits per heavy atom. The van der Waals surface area contributed by atoms with Crippen LogP contribution in [0.1, 0.15) is 12.5 Å². The van der Waals surface area contributed by atoms with Crippen LogP contribution >= 0.6 is 12.2 Å². The molecule has 2 rings (SSSR count). The monoisotopic (exact) mass is 391 g/mol. The van der Waals surface area contributed by atoms with E-state index in [-0.39, 0.29) is 10.8 Å². The number of carboxylic acid groups (broad SMARTS) is 1. The summed E-state index contributed by atoms with van der Waals surface area (Å²) in [6.45, 7) is 1.27. The van der Waals surface area contributed by atoms with Gasteiger partial charge >= 0.3 is 5.97 Å². The molecule has 0 saturated carbocycles. The van der Waals surface area contributed by atoms with Gasteiger partial charge in [-0.15, -0.1) is 0 Å². The molecule has 0 aliphatic heterocycles. The number of hydrogen-bond acceptors (Lipinski definition) is 5. The van der Waals surface area contributed by atoms with E-state index in [1.54, 1.807) is 43.3 Å². The Hall–Kier alpha value is -3.20. The average molecular weight is 391 g/mol. The number of methoxy groups -OCH3 is 1. The largest absolute Gasteiger partial charge is 0.493 e. The summed E-state index contributed by atoms with van der Waals surface area (Å²) in [7, 11) is 1.45. The third-order valence-electron chi connectivity index (χ3n) is 3.38. The van der Waals surface area contributed by atoms with Gasteiger partial charge in [0, 0.05) is 5.56 Å². The van der Waals surface area contributed by atoms with Gasteiger partial charge < -0.3 is 19.9 Å². The zero-order chi connectivity index (χ0) is 19.8. The minimum Gasteiger partial charge on any atom is -0.493 e. The number of anilines is 1. The maximum atomic E-state index is 13.6. The lowest BCUT2D eigenvalue weighted by Crippen LogP contribution is -2.25. The number of thiocarbonyl (C=S) groups is 1. The van der Waals surface area contributed by atoms with E-state index >= 15 is 0 Å². The molecule has 0 spiro atoms. The zero-order valence-electron chi connectivity index (χ0n) is 14.7.